The highest BCUT2D eigenvalue weighted by Gasteiger charge is 2.17. The Kier molecular flexibility index (Phi) is 5.09. The second-order valence-electron chi connectivity index (χ2n) is 5.21. The molecule has 0 aliphatic heterocycles. The molecule has 0 aromatic heterocycles. The van der Waals surface area contributed by atoms with Gasteiger partial charge in [-0.25, -0.2) is 4.39 Å². The van der Waals surface area contributed by atoms with Crippen molar-refractivity contribution in [3.05, 3.63) is 71.0 Å². The first kappa shape index (κ1) is 15.2. The van der Waals surface area contributed by atoms with Crippen LogP contribution in [0.15, 0.2) is 48.5 Å². The van der Waals surface area contributed by atoms with Gasteiger partial charge in [0.15, 0.2) is 0 Å². The fourth-order valence-corrected chi connectivity index (χ4v) is 2.34. The number of carbonyl (C=O) groups excluding carboxylic acids is 1. The highest BCUT2D eigenvalue weighted by molar-refractivity contribution is 5.94. The third-order valence-corrected chi connectivity index (χ3v) is 3.45. The van der Waals surface area contributed by atoms with Gasteiger partial charge in [0.1, 0.15) is 5.82 Å². The molecule has 3 heteroatoms. The van der Waals surface area contributed by atoms with E-state index in [1.807, 2.05) is 30.3 Å². The summed E-state index contributed by atoms with van der Waals surface area (Å²) in [5.74, 6) is -0.842. The Morgan fingerprint density at radius 1 is 1.19 bits per heavy atom. The summed E-state index contributed by atoms with van der Waals surface area (Å²) in [6.07, 6.45) is 1.76. The van der Waals surface area contributed by atoms with Crippen molar-refractivity contribution in [2.75, 3.05) is 0 Å². The molecule has 110 valence electrons. The van der Waals surface area contributed by atoms with Crippen molar-refractivity contribution < 1.29 is 9.18 Å². The van der Waals surface area contributed by atoms with Crippen LogP contribution in [-0.4, -0.2) is 5.91 Å². The van der Waals surface area contributed by atoms with Crippen molar-refractivity contribution in [2.45, 2.75) is 32.7 Å². The van der Waals surface area contributed by atoms with E-state index in [4.69, 9.17) is 0 Å². The molecule has 2 nitrogen and oxygen atoms in total. The molecule has 0 heterocycles. The molecule has 2 aromatic carbocycles. The monoisotopic (exact) mass is 285 g/mol. The third-order valence-electron chi connectivity index (χ3n) is 3.45. The minimum atomic E-state index is -0.476. The third kappa shape index (κ3) is 3.91. The van der Waals surface area contributed by atoms with Crippen LogP contribution in [0.3, 0.4) is 0 Å². The Morgan fingerprint density at radius 2 is 1.90 bits per heavy atom. The highest BCUT2D eigenvalue weighted by atomic mass is 19.1. The van der Waals surface area contributed by atoms with E-state index in [2.05, 4.69) is 12.2 Å². The van der Waals surface area contributed by atoms with Crippen LogP contribution in [-0.2, 0) is 0 Å². The summed E-state index contributed by atoms with van der Waals surface area (Å²) in [4.78, 5) is 12.3. The zero-order valence-electron chi connectivity index (χ0n) is 12.4. The van der Waals surface area contributed by atoms with Crippen molar-refractivity contribution in [3.8, 4) is 0 Å². The second kappa shape index (κ2) is 7.02. The van der Waals surface area contributed by atoms with Crippen LogP contribution in [0, 0.1) is 12.7 Å². The number of benzene rings is 2. The van der Waals surface area contributed by atoms with Gasteiger partial charge in [-0.05, 0) is 36.6 Å². The number of hydrogen-bond donors (Lipinski definition) is 1. The zero-order valence-corrected chi connectivity index (χ0v) is 12.4. The van der Waals surface area contributed by atoms with Crippen LogP contribution in [0.5, 0.6) is 0 Å². The van der Waals surface area contributed by atoms with E-state index in [1.165, 1.54) is 12.1 Å². The summed E-state index contributed by atoms with van der Waals surface area (Å²) >= 11 is 0. The fourth-order valence-electron chi connectivity index (χ4n) is 2.34. The molecule has 0 aliphatic carbocycles. The zero-order chi connectivity index (χ0) is 15.2. The number of hydrogen-bond acceptors (Lipinski definition) is 1. The number of halogens is 1. The largest absolute Gasteiger partial charge is 0.345 e. The summed E-state index contributed by atoms with van der Waals surface area (Å²) in [5, 5.41) is 2.93. The maximum Gasteiger partial charge on any atom is 0.254 e. The minimum Gasteiger partial charge on any atom is -0.345 e. The first-order valence-corrected chi connectivity index (χ1v) is 7.23. The molecule has 2 aromatic rings. The van der Waals surface area contributed by atoms with Gasteiger partial charge in [0.05, 0.1) is 11.6 Å². The van der Waals surface area contributed by atoms with E-state index in [0.717, 1.165) is 24.0 Å². The molecule has 1 amide bonds. The van der Waals surface area contributed by atoms with E-state index in [1.54, 1.807) is 13.0 Å². The molecular formula is C18H20FNO. The first-order chi connectivity index (χ1) is 10.1. The van der Waals surface area contributed by atoms with E-state index >= 15 is 0 Å². The van der Waals surface area contributed by atoms with Gasteiger partial charge in [-0.3, -0.25) is 4.79 Å². The van der Waals surface area contributed by atoms with Gasteiger partial charge in [0.2, 0.25) is 0 Å². The molecule has 0 fully saturated rings. The number of nitrogens with one attached hydrogen (secondary N) is 1. The summed E-state index contributed by atoms with van der Waals surface area (Å²) in [7, 11) is 0. The van der Waals surface area contributed by atoms with E-state index in [-0.39, 0.29) is 17.5 Å². The van der Waals surface area contributed by atoms with Crippen LogP contribution in [0.2, 0.25) is 0 Å². The number of amides is 1. The summed E-state index contributed by atoms with van der Waals surface area (Å²) in [5.41, 5.74) is 1.94. The summed E-state index contributed by atoms with van der Waals surface area (Å²) in [6.45, 7) is 3.86. The molecule has 1 N–H and O–H groups in total. The van der Waals surface area contributed by atoms with Crippen LogP contribution >= 0.6 is 0 Å². The van der Waals surface area contributed by atoms with Gasteiger partial charge in [-0.15, -0.1) is 0 Å². The quantitative estimate of drug-likeness (QED) is 0.866. The normalized spacial score (nSPS) is 12.0. The van der Waals surface area contributed by atoms with Gasteiger partial charge < -0.3 is 5.32 Å². The topological polar surface area (TPSA) is 29.1 Å². The van der Waals surface area contributed by atoms with Gasteiger partial charge in [0.25, 0.3) is 5.91 Å². The van der Waals surface area contributed by atoms with Gasteiger partial charge in [-0.2, -0.15) is 0 Å². The van der Waals surface area contributed by atoms with E-state index in [0.29, 0.717) is 0 Å². The second-order valence-corrected chi connectivity index (χ2v) is 5.21. The Bertz CT molecular complexity index is 610. The Labute approximate surface area is 125 Å². The maximum atomic E-state index is 13.9. The van der Waals surface area contributed by atoms with Crippen LogP contribution in [0.25, 0.3) is 0 Å². The maximum absolute atomic E-state index is 13.9. The Balaban J connectivity index is 2.18. The molecule has 0 radical (unpaired) electrons. The Morgan fingerprint density at radius 3 is 2.52 bits per heavy atom. The van der Waals surface area contributed by atoms with Gasteiger partial charge in [0, 0.05) is 0 Å². The SMILES string of the molecule is CCCC(NC(=O)c1ccc(C)cc1F)c1ccccc1. The molecule has 1 unspecified atom stereocenters. The molecular weight excluding hydrogens is 265 g/mol. The molecule has 0 aliphatic rings. The van der Waals surface area contributed by atoms with Crippen LogP contribution in [0.1, 0.15) is 47.3 Å². The highest BCUT2D eigenvalue weighted by Crippen LogP contribution is 2.19. The summed E-state index contributed by atoms with van der Waals surface area (Å²) in [6, 6.07) is 14.3. The predicted molar refractivity (Wildman–Crippen MR) is 82.7 cm³/mol. The molecule has 2 rings (SSSR count). The van der Waals surface area contributed by atoms with Crippen molar-refractivity contribution >= 4 is 5.91 Å². The van der Waals surface area contributed by atoms with Crippen molar-refractivity contribution in [2.24, 2.45) is 0 Å². The molecule has 0 bridgehead atoms. The van der Waals surface area contributed by atoms with Crippen molar-refractivity contribution in [1.82, 2.24) is 5.32 Å². The lowest BCUT2D eigenvalue weighted by Crippen LogP contribution is -2.29. The molecule has 0 saturated carbocycles. The average molecular weight is 285 g/mol. The van der Waals surface area contributed by atoms with Crippen LogP contribution in [0.4, 0.5) is 4.39 Å². The van der Waals surface area contributed by atoms with Crippen molar-refractivity contribution in [3.63, 3.8) is 0 Å². The lowest BCUT2D eigenvalue weighted by atomic mass is 10.0. The molecule has 0 saturated heterocycles. The predicted octanol–water partition coefficient (Wildman–Crippen LogP) is 4.41. The van der Waals surface area contributed by atoms with Gasteiger partial charge in [-0.1, -0.05) is 49.7 Å². The minimum absolute atomic E-state index is 0.0931. The summed E-state index contributed by atoms with van der Waals surface area (Å²) < 4.78 is 13.9. The van der Waals surface area contributed by atoms with E-state index < -0.39 is 5.82 Å². The van der Waals surface area contributed by atoms with Crippen LogP contribution < -0.4 is 5.32 Å². The lowest BCUT2D eigenvalue weighted by Gasteiger charge is -2.19. The number of aryl methyl sites for hydroxylation is 1. The van der Waals surface area contributed by atoms with E-state index in [9.17, 15) is 9.18 Å². The number of rotatable bonds is 5. The smallest absolute Gasteiger partial charge is 0.254 e. The molecule has 0 spiro atoms. The molecule has 21 heavy (non-hydrogen) atoms. The molecule has 1 atom stereocenters. The van der Waals surface area contributed by atoms with Crippen molar-refractivity contribution in [1.29, 1.82) is 0 Å². The average Bonchev–Trinajstić information content (AvgIpc) is 2.47. The fraction of sp³-hybridized carbons (Fsp3) is 0.278. The van der Waals surface area contributed by atoms with Gasteiger partial charge >= 0.3 is 0 Å². The Hall–Kier alpha value is -2.16. The first-order valence-electron chi connectivity index (χ1n) is 7.23. The standard InChI is InChI=1S/C18H20FNO/c1-3-7-17(14-8-5-4-6-9-14)20-18(21)15-11-10-13(2)12-16(15)19/h4-6,8-12,17H,3,7H2,1-2H3,(H,20,21). The lowest BCUT2D eigenvalue weighted by molar-refractivity contribution is 0.0930. The number of carbonyl (C=O) groups is 1.